The smallest absolute Gasteiger partial charge is 0.248 e. The maximum Gasteiger partial charge on any atom is 0.248 e. The van der Waals surface area contributed by atoms with Crippen molar-refractivity contribution in [1.82, 2.24) is 33.9 Å². The summed E-state index contributed by atoms with van der Waals surface area (Å²) in [6.45, 7) is 1.59. The molecule has 1 aliphatic heterocycles. The van der Waals surface area contributed by atoms with Crippen LogP contribution in [0.15, 0.2) is 29.6 Å². The first-order valence-electron chi connectivity index (χ1n) is 10.4. The van der Waals surface area contributed by atoms with Crippen molar-refractivity contribution in [3.05, 3.63) is 30.4 Å². The zero-order valence-corrected chi connectivity index (χ0v) is 18.4. The number of nitrogens with zero attached hydrogens (tertiary/aromatic N) is 8. The maximum absolute atomic E-state index is 13.2. The lowest BCUT2D eigenvalue weighted by molar-refractivity contribution is 0.0396. The molecule has 31 heavy (non-hydrogen) atoms. The number of aromatic nitrogens is 6. The average molecular weight is 447 g/mol. The molecule has 11 nitrogen and oxygen atoms in total. The third-order valence-electron chi connectivity index (χ3n) is 6.37. The minimum absolute atomic E-state index is 0.0840. The van der Waals surface area contributed by atoms with E-state index in [2.05, 4.69) is 25.3 Å². The van der Waals surface area contributed by atoms with Gasteiger partial charge in [0, 0.05) is 51.5 Å². The molecular weight excluding hydrogens is 420 g/mol. The highest BCUT2D eigenvalue weighted by Gasteiger charge is 2.38. The van der Waals surface area contributed by atoms with E-state index in [1.54, 1.807) is 17.9 Å². The van der Waals surface area contributed by atoms with Gasteiger partial charge in [0.15, 0.2) is 5.65 Å². The van der Waals surface area contributed by atoms with Gasteiger partial charge >= 0.3 is 0 Å². The molecule has 3 aromatic rings. The second kappa shape index (κ2) is 7.53. The maximum atomic E-state index is 13.2. The zero-order chi connectivity index (χ0) is 21.8. The van der Waals surface area contributed by atoms with Crippen LogP contribution in [-0.4, -0.2) is 79.7 Å². The monoisotopic (exact) mass is 446 g/mol. The number of aryl methyl sites for hydroxylation is 1. The number of piperidine rings is 1. The van der Waals surface area contributed by atoms with E-state index < -0.39 is 16.1 Å². The van der Waals surface area contributed by atoms with Crippen molar-refractivity contribution < 1.29 is 13.5 Å². The fourth-order valence-corrected chi connectivity index (χ4v) is 5.81. The number of fused-ring (bicyclic) bond motifs is 1. The van der Waals surface area contributed by atoms with Crippen molar-refractivity contribution in [3.63, 3.8) is 0 Å². The Morgan fingerprint density at radius 2 is 2.10 bits per heavy atom. The zero-order valence-electron chi connectivity index (χ0n) is 17.5. The van der Waals surface area contributed by atoms with Crippen LogP contribution in [-0.2, 0) is 17.1 Å². The molecule has 5 rings (SSSR count). The molecule has 2 fully saturated rings. The molecule has 1 unspecified atom stereocenters. The minimum atomic E-state index is -3.77. The molecule has 1 saturated carbocycles. The van der Waals surface area contributed by atoms with Crippen LogP contribution in [0, 0.1) is 0 Å². The van der Waals surface area contributed by atoms with Gasteiger partial charge in [-0.3, -0.25) is 4.68 Å². The molecule has 12 heteroatoms. The summed E-state index contributed by atoms with van der Waals surface area (Å²) in [5.74, 6) is 0.976. The quantitative estimate of drug-likeness (QED) is 0.597. The van der Waals surface area contributed by atoms with E-state index >= 15 is 0 Å². The van der Waals surface area contributed by atoms with E-state index in [-0.39, 0.29) is 16.9 Å². The van der Waals surface area contributed by atoms with Crippen molar-refractivity contribution in [2.75, 3.05) is 25.0 Å². The molecule has 1 atom stereocenters. The molecule has 0 radical (unpaired) electrons. The molecule has 1 saturated heterocycles. The van der Waals surface area contributed by atoms with E-state index in [4.69, 9.17) is 0 Å². The molecule has 166 valence electrons. The Hall–Kier alpha value is -2.57. The van der Waals surface area contributed by atoms with E-state index in [9.17, 15) is 13.5 Å². The summed E-state index contributed by atoms with van der Waals surface area (Å²) >= 11 is 0. The van der Waals surface area contributed by atoms with Crippen molar-refractivity contribution in [2.45, 2.75) is 48.6 Å². The lowest BCUT2D eigenvalue weighted by atomic mass is 9.90. The van der Waals surface area contributed by atoms with Crippen LogP contribution in [0.1, 0.15) is 37.3 Å². The second-order valence-corrected chi connectivity index (χ2v) is 10.4. The summed E-state index contributed by atoms with van der Waals surface area (Å²) in [5.41, 5.74) is 1.27. The highest BCUT2D eigenvalue weighted by molar-refractivity contribution is 7.89. The third-order valence-corrected chi connectivity index (χ3v) is 8.27. The van der Waals surface area contributed by atoms with Gasteiger partial charge in [-0.05, 0) is 31.7 Å². The number of hydrogen-bond acceptors (Lipinski definition) is 8. The molecule has 0 spiro atoms. The van der Waals surface area contributed by atoms with Gasteiger partial charge in [0.2, 0.25) is 10.0 Å². The first-order chi connectivity index (χ1) is 14.8. The molecule has 3 aromatic heterocycles. The summed E-state index contributed by atoms with van der Waals surface area (Å²) in [7, 11) is -0.360. The highest BCUT2D eigenvalue weighted by atomic mass is 32.2. The number of sulfonamides is 1. The molecule has 0 aromatic carbocycles. The fourth-order valence-electron chi connectivity index (χ4n) is 4.38. The largest absolute Gasteiger partial charge is 0.393 e. The summed E-state index contributed by atoms with van der Waals surface area (Å²) in [6, 6.07) is 1.66. The first-order valence-corrected chi connectivity index (χ1v) is 11.9. The van der Waals surface area contributed by atoms with Gasteiger partial charge in [-0.15, -0.1) is 5.10 Å². The predicted molar refractivity (Wildman–Crippen MR) is 112 cm³/mol. The molecular formula is C19H26N8O3S. The number of hydrogen-bond donors (Lipinski definition) is 1. The van der Waals surface area contributed by atoms with Crippen molar-refractivity contribution in [2.24, 2.45) is 7.05 Å². The molecule has 4 heterocycles. The van der Waals surface area contributed by atoms with Gasteiger partial charge in [0.25, 0.3) is 0 Å². The van der Waals surface area contributed by atoms with Gasteiger partial charge in [-0.1, -0.05) is 5.21 Å². The second-order valence-electron chi connectivity index (χ2n) is 8.47. The number of aliphatic hydroxyl groups excluding tert-OH is 1. The fraction of sp³-hybridized carbons (Fsp3) is 0.579. The van der Waals surface area contributed by atoms with E-state index in [1.807, 2.05) is 19.3 Å². The summed E-state index contributed by atoms with van der Waals surface area (Å²) in [5, 5.41) is 22.1. The van der Waals surface area contributed by atoms with E-state index in [1.165, 1.54) is 15.0 Å². The van der Waals surface area contributed by atoms with E-state index in [0.717, 1.165) is 37.4 Å². The first kappa shape index (κ1) is 20.3. The lowest BCUT2D eigenvalue weighted by Gasteiger charge is -2.37. The van der Waals surface area contributed by atoms with Crippen LogP contribution in [0.5, 0.6) is 0 Å². The van der Waals surface area contributed by atoms with Crippen LogP contribution >= 0.6 is 0 Å². The Morgan fingerprint density at radius 3 is 2.81 bits per heavy atom. The van der Waals surface area contributed by atoms with Gasteiger partial charge in [-0.2, -0.15) is 9.40 Å². The van der Waals surface area contributed by atoms with Crippen LogP contribution in [0.4, 0.5) is 5.82 Å². The third kappa shape index (κ3) is 3.58. The number of aliphatic hydroxyl groups is 1. The topological polar surface area (TPSA) is 122 Å². The molecule has 0 bridgehead atoms. The Kier molecular flexibility index (Phi) is 4.94. The molecule has 1 N–H and O–H groups in total. The van der Waals surface area contributed by atoms with Gasteiger partial charge in [0.05, 0.1) is 18.0 Å². The summed E-state index contributed by atoms with van der Waals surface area (Å²) in [4.78, 5) is 6.94. The highest BCUT2D eigenvalue weighted by Crippen LogP contribution is 2.31. The van der Waals surface area contributed by atoms with Crippen LogP contribution in [0.2, 0.25) is 0 Å². The predicted octanol–water partition coefficient (Wildman–Crippen LogP) is 0.386. The number of rotatable bonds is 5. The Labute approximate surface area is 180 Å². The van der Waals surface area contributed by atoms with Gasteiger partial charge < -0.3 is 10.0 Å². The molecule has 0 amide bonds. The summed E-state index contributed by atoms with van der Waals surface area (Å²) < 4.78 is 30.9. The normalized spacial score (nSPS) is 24.6. The van der Waals surface area contributed by atoms with Crippen molar-refractivity contribution in [1.29, 1.82) is 0 Å². The number of anilines is 1. The van der Waals surface area contributed by atoms with Crippen molar-refractivity contribution >= 4 is 21.5 Å². The molecule has 2 aliphatic rings. The van der Waals surface area contributed by atoms with Crippen LogP contribution < -0.4 is 4.90 Å². The SMILES string of the molecule is CN(C1CC(O)C1)S(=O)(=O)c1cnn2ccc(N3CCCC(c4cn(C)nn4)C3)nc12. The van der Waals surface area contributed by atoms with E-state index in [0.29, 0.717) is 18.5 Å². The van der Waals surface area contributed by atoms with Crippen LogP contribution in [0.25, 0.3) is 5.65 Å². The van der Waals surface area contributed by atoms with Crippen molar-refractivity contribution in [3.8, 4) is 0 Å². The van der Waals surface area contributed by atoms with Gasteiger partial charge in [0.1, 0.15) is 10.7 Å². The minimum Gasteiger partial charge on any atom is -0.393 e. The Morgan fingerprint density at radius 1 is 1.29 bits per heavy atom. The van der Waals surface area contributed by atoms with Gasteiger partial charge in [-0.25, -0.2) is 17.9 Å². The lowest BCUT2D eigenvalue weighted by Crippen LogP contribution is -2.47. The Bertz CT molecular complexity index is 1200. The Balaban J connectivity index is 1.43. The molecule has 1 aliphatic carbocycles. The standard InChI is InChI=1S/C19H26N8O3S/c1-24-12-16(22-23-24)13-4-3-6-26(11-13)18-5-7-27-19(21-18)17(10-20-27)31(29,30)25(2)14-8-15(28)9-14/h5,7,10,12-15,28H,3-4,6,8-9,11H2,1-2H3. The average Bonchev–Trinajstić information content (AvgIpc) is 3.37. The summed E-state index contributed by atoms with van der Waals surface area (Å²) in [6.07, 6.45) is 7.53. The van der Waals surface area contributed by atoms with Crippen LogP contribution in [0.3, 0.4) is 0 Å².